The first kappa shape index (κ1) is 15.5. The van der Waals surface area contributed by atoms with Crippen LogP contribution in [-0.4, -0.2) is 31.1 Å². The SMILES string of the molecule is Cc1ccc(CNCC(C)CN2CCCCC2)c(C)c1. The molecule has 1 unspecified atom stereocenters. The second kappa shape index (κ2) is 7.80. The van der Waals surface area contributed by atoms with Gasteiger partial charge in [-0.15, -0.1) is 0 Å². The van der Waals surface area contributed by atoms with Crippen molar-refractivity contribution in [2.45, 2.75) is 46.6 Å². The van der Waals surface area contributed by atoms with E-state index in [0.29, 0.717) is 0 Å². The van der Waals surface area contributed by atoms with Crippen LogP contribution < -0.4 is 5.32 Å². The van der Waals surface area contributed by atoms with Gasteiger partial charge in [0.1, 0.15) is 0 Å². The lowest BCUT2D eigenvalue weighted by Crippen LogP contribution is -2.36. The van der Waals surface area contributed by atoms with Crippen LogP contribution in [0.25, 0.3) is 0 Å². The van der Waals surface area contributed by atoms with E-state index in [9.17, 15) is 0 Å². The standard InChI is InChI=1S/C18H30N2/c1-15-7-8-18(17(3)11-15)13-19-12-16(2)14-20-9-5-4-6-10-20/h7-8,11,16,19H,4-6,9-10,12-14H2,1-3H3. The molecule has 1 fully saturated rings. The predicted octanol–water partition coefficient (Wildman–Crippen LogP) is 3.52. The molecule has 1 aromatic carbocycles. The smallest absolute Gasteiger partial charge is 0.0208 e. The number of hydrogen-bond donors (Lipinski definition) is 1. The number of benzene rings is 1. The van der Waals surface area contributed by atoms with Crippen molar-refractivity contribution >= 4 is 0 Å². The summed E-state index contributed by atoms with van der Waals surface area (Å²) >= 11 is 0. The van der Waals surface area contributed by atoms with Crippen LogP contribution in [-0.2, 0) is 6.54 Å². The fraction of sp³-hybridized carbons (Fsp3) is 0.667. The monoisotopic (exact) mass is 274 g/mol. The lowest BCUT2D eigenvalue weighted by molar-refractivity contribution is 0.199. The maximum Gasteiger partial charge on any atom is 0.0208 e. The molecule has 0 radical (unpaired) electrons. The highest BCUT2D eigenvalue weighted by Gasteiger charge is 2.13. The molecule has 20 heavy (non-hydrogen) atoms. The van der Waals surface area contributed by atoms with Gasteiger partial charge in [0.25, 0.3) is 0 Å². The van der Waals surface area contributed by atoms with Crippen LogP contribution in [0.2, 0.25) is 0 Å². The van der Waals surface area contributed by atoms with Gasteiger partial charge in [-0.25, -0.2) is 0 Å². The third-order valence-electron chi connectivity index (χ3n) is 4.32. The molecule has 1 atom stereocenters. The van der Waals surface area contributed by atoms with Crippen LogP contribution in [0.4, 0.5) is 0 Å². The van der Waals surface area contributed by atoms with Crippen molar-refractivity contribution < 1.29 is 0 Å². The largest absolute Gasteiger partial charge is 0.312 e. The Morgan fingerprint density at radius 2 is 1.90 bits per heavy atom. The van der Waals surface area contributed by atoms with E-state index in [1.807, 2.05) is 0 Å². The molecular formula is C18H30N2. The van der Waals surface area contributed by atoms with Crippen molar-refractivity contribution in [1.29, 1.82) is 0 Å². The van der Waals surface area contributed by atoms with Crippen LogP contribution >= 0.6 is 0 Å². The summed E-state index contributed by atoms with van der Waals surface area (Å²) in [5, 5.41) is 3.62. The highest BCUT2D eigenvalue weighted by molar-refractivity contribution is 5.30. The number of piperidine rings is 1. The van der Waals surface area contributed by atoms with E-state index in [-0.39, 0.29) is 0 Å². The minimum atomic E-state index is 0.735. The van der Waals surface area contributed by atoms with E-state index >= 15 is 0 Å². The molecule has 1 heterocycles. The Kier molecular flexibility index (Phi) is 6.06. The van der Waals surface area contributed by atoms with E-state index in [1.54, 1.807) is 0 Å². The minimum Gasteiger partial charge on any atom is -0.312 e. The van der Waals surface area contributed by atoms with Crippen molar-refractivity contribution in [2.24, 2.45) is 5.92 Å². The Hall–Kier alpha value is -0.860. The number of nitrogens with one attached hydrogen (secondary N) is 1. The van der Waals surface area contributed by atoms with Gasteiger partial charge in [0.15, 0.2) is 0 Å². The molecule has 2 heteroatoms. The molecule has 1 saturated heterocycles. The first-order valence-corrected chi connectivity index (χ1v) is 8.14. The number of hydrogen-bond acceptors (Lipinski definition) is 2. The molecule has 1 aliphatic heterocycles. The molecule has 0 aliphatic carbocycles. The molecule has 112 valence electrons. The zero-order valence-electron chi connectivity index (χ0n) is 13.4. The van der Waals surface area contributed by atoms with E-state index in [4.69, 9.17) is 0 Å². The summed E-state index contributed by atoms with van der Waals surface area (Å²) in [5.41, 5.74) is 4.19. The summed E-state index contributed by atoms with van der Waals surface area (Å²) in [5.74, 6) is 0.735. The van der Waals surface area contributed by atoms with Crippen molar-refractivity contribution in [3.63, 3.8) is 0 Å². The summed E-state index contributed by atoms with van der Waals surface area (Å²) in [6.45, 7) is 12.7. The third-order valence-corrected chi connectivity index (χ3v) is 4.32. The summed E-state index contributed by atoms with van der Waals surface area (Å²) in [7, 11) is 0. The first-order chi connectivity index (χ1) is 9.65. The molecule has 0 saturated carbocycles. The molecule has 1 aromatic rings. The van der Waals surface area contributed by atoms with Gasteiger partial charge >= 0.3 is 0 Å². The van der Waals surface area contributed by atoms with Gasteiger partial charge in [-0.05, 0) is 63.4 Å². The van der Waals surface area contributed by atoms with Gasteiger partial charge < -0.3 is 10.2 Å². The highest BCUT2D eigenvalue weighted by atomic mass is 15.1. The fourth-order valence-electron chi connectivity index (χ4n) is 3.14. The lowest BCUT2D eigenvalue weighted by Gasteiger charge is -2.29. The fourth-order valence-corrected chi connectivity index (χ4v) is 3.14. The summed E-state index contributed by atoms with van der Waals surface area (Å²) in [6, 6.07) is 6.74. The first-order valence-electron chi connectivity index (χ1n) is 8.14. The Bertz CT molecular complexity index is 408. The number of rotatable bonds is 6. The quantitative estimate of drug-likeness (QED) is 0.854. The highest BCUT2D eigenvalue weighted by Crippen LogP contribution is 2.12. The zero-order chi connectivity index (χ0) is 14.4. The average molecular weight is 274 g/mol. The molecule has 0 bridgehead atoms. The normalized spacial score (nSPS) is 18.1. The number of likely N-dealkylation sites (tertiary alicyclic amines) is 1. The van der Waals surface area contributed by atoms with Gasteiger partial charge in [-0.2, -0.15) is 0 Å². The van der Waals surface area contributed by atoms with Crippen molar-refractivity contribution in [3.05, 3.63) is 34.9 Å². The predicted molar refractivity (Wildman–Crippen MR) is 87.1 cm³/mol. The van der Waals surface area contributed by atoms with Crippen LogP contribution in [0.3, 0.4) is 0 Å². The molecule has 1 aliphatic rings. The Morgan fingerprint density at radius 3 is 2.60 bits per heavy atom. The Balaban J connectivity index is 1.69. The van der Waals surface area contributed by atoms with Gasteiger partial charge in [0.2, 0.25) is 0 Å². The zero-order valence-corrected chi connectivity index (χ0v) is 13.4. The number of nitrogens with zero attached hydrogens (tertiary/aromatic N) is 1. The van der Waals surface area contributed by atoms with E-state index in [1.165, 1.54) is 55.6 Å². The van der Waals surface area contributed by atoms with Crippen molar-refractivity contribution in [3.8, 4) is 0 Å². The van der Waals surface area contributed by atoms with Crippen molar-refractivity contribution in [1.82, 2.24) is 10.2 Å². The van der Waals surface area contributed by atoms with Gasteiger partial charge in [-0.1, -0.05) is 37.1 Å². The Morgan fingerprint density at radius 1 is 1.15 bits per heavy atom. The number of aryl methyl sites for hydroxylation is 2. The molecule has 2 rings (SSSR count). The van der Waals surface area contributed by atoms with E-state index in [2.05, 4.69) is 49.2 Å². The summed E-state index contributed by atoms with van der Waals surface area (Å²) in [4.78, 5) is 2.63. The van der Waals surface area contributed by atoms with Gasteiger partial charge in [0.05, 0.1) is 0 Å². The van der Waals surface area contributed by atoms with Crippen molar-refractivity contribution in [2.75, 3.05) is 26.2 Å². The van der Waals surface area contributed by atoms with Crippen LogP contribution in [0.15, 0.2) is 18.2 Å². The van der Waals surface area contributed by atoms with Gasteiger partial charge in [0, 0.05) is 13.1 Å². The van der Waals surface area contributed by atoms with Crippen LogP contribution in [0.1, 0.15) is 42.9 Å². The topological polar surface area (TPSA) is 15.3 Å². The molecule has 1 N–H and O–H groups in total. The summed E-state index contributed by atoms with van der Waals surface area (Å²) < 4.78 is 0. The third kappa shape index (κ3) is 4.92. The molecule has 2 nitrogen and oxygen atoms in total. The lowest BCUT2D eigenvalue weighted by atomic mass is 10.1. The molecule has 0 aromatic heterocycles. The molecule has 0 spiro atoms. The summed E-state index contributed by atoms with van der Waals surface area (Å²) in [6.07, 6.45) is 4.21. The maximum absolute atomic E-state index is 3.62. The van der Waals surface area contributed by atoms with Crippen LogP contribution in [0.5, 0.6) is 0 Å². The van der Waals surface area contributed by atoms with Gasteiger partial charge in [-0.3, -0.25) is 0 Å². The minimum absolute atomic E-state index is 0.735. The second-order valence-electron chi connectivity index (χ2n) is 6.53. The molecular weight excluding hydrogens is 244 g/mol. The molecule has 0 amide bonds. The van der Waals surface area contributed by atoms with Crippen LogP contribution in [0, 0.1) is 19.8 Å². The van der Waals surface area contributed by atoms with E-state index < -0.39 is 0 Å². The second-order valence-corrected chi connectivity index (χ2v) is 6.53. The maximum atomic E-state index is 3.62. The average Bonchev–Trinajstić information content (AvgIpc) is 2.42. The van der Waals surface area contributed by atoms with E-state index in [0.717, 1.165) is 19.0 Å². The Labute approximate surface area is 124 Å².